The Bertz CT molecular complexity index is 701. The van der Waals surface area contributed by atoms with E-state index in [0.717, 1.165) is 15.7 Å². The Hall–Kier alpha value is -2.21. The van der Waals surface area contributed by atoms with Crippen LogP contribution in [0.25, 0.3) is 0 Å². The van der Waals surface area contributed by atoms with Crippen molar-refractivity contribution in [3.63, 3.8) is 0 Å². The van der Waals surface area contributed by atoms with Gasteiger partial charge in [0.15, 0.2) is 0 Å². The van der Waals surface area contributed by atoms with E-state index in [0.29, 0.717) is 11.4 Å². The van der Waals surface area contributed by atoms with Gasteiger partial charge in [0.2, 0.25) is 6.17 Å². The van der Waals surface area contributed by atoms with Crippen molar-refractivity contribution in [2.45, 2.75) is 6.17 Å². The Morgan fingerprint density at radius 3 is 2.85 bits per heavy atom. The van der Waals surface area contributed by atoms with Crippen LogP contribution in [0, 0.1) is 0 Å². The molecule has 1 aliphatic heterocycles. The molecule has 1 aliphatic rings. The van der Waals surface area contributed by atoms with Gasteiger partial charge in [0.05, 0.1) is 11.4 Å². The summed E-state index contributed by atoms with van der Waals surface area (Å²) in [6.45, 7) is 0. The number of hydrogen-bond acceptors (Lipinski definition) is 4. The largest absolute Gasteiger partial charge is 0.478 e. The summed E-state index contributed by atoms with van der Waals surface area (Å²) in [5.74, 6) is -1.02. The molecule has 0 bridgehead atoms. The molecule has 20 heavy (non-hydrogen) atoms. The standard InChI is InChI=1S/C14H10BrN3O2/c15-8-4-5-10-9(7-8)12(11-3-1-2-6-16-11)18-13(17-10)14(19)20/h1-7,13,17H,(H,19,20). The number of carboxylic acids is 1. The van der Waals surface area contributed by atoms with Crippen LogP contribution in [0.5, 0.6) is 0 Å². The highest BCUT2D eigenvalue weighted by atomic mass is 79.9. The van der Waals surface area contributed by atoms with Gasteiger partial charge < -0.3 is 10.4 Å². The summed E-state index contributed by atoms with van der Waals surface area (Å²) >= 11 is 3.41. The number of anilines is 1. The SMILES string of the molecule is O=C(O)C1N=C(c2ccccn2)c2cc(Br)ccc2N1. The van der Waals surface area contributed by atoms with Gasteiger partial charge in [0.1, 0.15) is 0 Å². The molecule has 0 saturated carbocycles. The Morgan fingerprint density at radius 2 is 2.15 bits per heavy atom. The molecule has 0 radical (unpaired) electrons. The lowest BCUT2D eigenvalue weighted by Crippen LogP contribution is -2.33. The number of pyridine rings is 1. The molecule has 0 aliphatic carbocycles. The highest BCUT2D eigenvalue weighted by molar-refractivity contribution is 9.10. The third-order valence-corrected chi connectivity index (χ3v) is 3.42. The molecular formula is C14H10BrN3O2. The van der Waals surface area contributed by atoms with Gasteiger partial charge in [0.25, 0.3) is 0 Å². The smallest absolute Gasteiger partial charge is 0.349 e. The first kappa shape index (κ1) is 12.8. The Labute approximate surface area is 123 Å². The highest BCUT2D eigenvalue weighted by Crippen LogP contribution is 2.28. The molecular weight excluding hydrogens is 322 g/mol. The van der Waals surface area contributed by atoms with Gasteiger partial charge in [-0.2, -0.15) is 0 Å². The predicted molar refractivity (Wildman–Crippen MR) is 79.1 cm³/mol. The van der Waals surface area contributed by atoms with E-state index in [2.05, 4.69) is 31.2 Å². The maximum atomic E-state index is 11.2. The fraction of sp³-hybridized carbons (Fsp3) is 0.0714. The van der Waals surface area contributed by atoms with Crippen LogP contribution in [0.1, 0.15) is 11.3 Å². The van der Waals surface area contributed by atoms with E-state index in [1.165, 1.54) is 0 Å². The molecule has 2 aromatic rings. The first-order valence-electron chi connectivity index (χ1n) is 5.93. The summed E-state index contributed by atoms with van der Waals surface area (Å²) < 4.78 is 0.899. The highest BCUT2D eigenvalue weighted by Gasteiger charge is 2.26. The second kappa shape index (κ2) is 5.05. The molecule has 2 N–H and O–H groups in total. The summed E-state index contributed by atoms with van der Waals surface area (Å²) in [5, 5.41) is 12.1. The second-order valence-electron chi connectivity index (χ2n) is 4.27. The minimum Gasteiger partial charge on any atom is -0.478 e. The molecule has 0 spiro atoms. The van der Waals surface area contributed by atoms with E-state index >= 15 is 0 Å². The van der Waals surface area contributed by atoms with Crippen LogP contribution >= 0.6 is 15.9 Å². The zero-order valence-electron chi connectivity index (χ0n) is 10.2. The third-order valence-electron chi connectivity index (χ3n) is 2.93. The first-order valence-corrected chi connectivity index (χ1v) is 6.73. The lowest BCUT2D eigenvalue weighted by Gasteiger charge is -2.23. The molecule has 0 amide bonds. The fourth-order valence-corrected chi connectivity index (χ4v) is 2.40. The van der Waals surface area contributed by atoms with E-state index in [1.54, 1.807) is 6.20 Å². The van der Waals surface area contributed by atoms with Gasteiger partial charge in [-0.25, -0.2) is 9.79 Å². The number of nitrogens with one attached hydrogen (secondary N) is 1. The number of carboxylic acid groups (broad SMARTS) is 1. The molecule has 1 unspecified atom stereocenters. The second-order valence-corrected chi connectivity index (χ2v) is 5.18. The zero-order valence-corrected chi connectivity index (χ0v) is 11.8. The molecule has 1 atom stereocenters. The van der Waals surface area contributed by atoms with Crippen LogP contribution in [0.2, 0.25) is 0 Å². The van der Waals surface area contributed by atoms with E-state index in [4.69, 9.17) is 0 Å². The minimum absolute atomic E-state index is 0.577. The minimum atomic E-state index is -1.02. The maximum absolute atomic E-state index is 11.2. The van der Waals surface area contributed by atoms with Gasteiger partial charge in [-0.1, -0.05) is 22.0 Å². The van der Waals surface area contributed by atoms with Gasteiger partial charge in [-0.05, 0) is 30.3 Å². The van der Waals surface area contributed by atoms with Gasteiger partial charge in [0, 0.05) is 21.9 Å². The van der Waals surface area contributed by atoms with Crippen LogP contribution < -0.4 is 5.32 Å². The van der Waals surface area contributed by atoms with Crippen LogP contribution in [0.15, 0.2) is 52.1 Å². The predicted octanol–water partition coefficient (Wildman–Crippen LogP) is 2.52. The van der Waals surface area contributed by atoms with Crippen LogP contribution in [0.4, 0.5) is 5.69 Å². The fourth-order valence-electron chi connectivity index (χ4n) is 2.04. The van der Waals surface area contributed by atoms with Crippen molar-refractivity contribution in [2.75, 3.05) is 5.32 Å². The Morgan fingerprint density at radius 1 is 1.30 bits per heavy atom. The van der Waals surface area contributed by atoms with Gasteiger partial charge >= 0.3 is 5.97 Å². The summed E-state index contributed by atoms with van der Waals surface area (Å²) in [6, 6.07) is 11.0. The van der Waals surface area contributed by atoms with Crippen molar-refractivity contribution in [3.05, 3.63) is 58.3 Å². The van der Waals surface area contributed by atoms with Crippen molar-refractivity contribution in [1.82, 2.24) is 4.98 Å². The summed E-state index contributed by atoms with van der Waals surface area (Å²) in [4.78, 5) is 19.7. The summed E-state index contributed by atoms with van der Waals surface area (Å²) in [6.07, 6.45) is 0.661. The number of aliphatic imine (C=N–C) groups is 1. The van der Waals surface area contributed by atoms with Crippen molar-refractivity contribution >= 4 is 33.3 Å². The first-order chi connectivity index (χ1) is 9.65. The number of fused-ring (bicyclic) bond motifs is 1. The lowest BCUT2D eigenvalue weighted by atomic mass is 10.0. The number of nitrogens with zero attached hydrogens (tertiary/aromatic N) is 2. The molecule has 0 fully saturated rings. The Kier molecular flexibility index (Phi) is 3.23. The number of benzene rings is 1. The average molecular weight is 332 g/mol. The summed E-state index contributed by atoms with van der Waals surface area (Å²) in [5.41, 5.74) is 2.79. The van der Waals surface area contributed by atoms with E-state index in [-0.39, 0.29) is 0 Å². The number of rotatable bonds is 2. The number of halogens is 1. The molecule has 5 nitrogen and oxygen atoms in total. The topological polar surface area (TPSA) is 74.6 Å². The third kappa shape index (κ3) is 2.30. The van der Waals surface area contributed by atoms with Crippen molar-refractivity contribution < 1.29 is 9.90 Å². The van der Waals surface area contributed by atoms with E-state index in [9.17, 15) is 9.90 Å². The number of aliphatic carboxylic acids is 1. The van der Waals surface area contributed by atoms with Crippen molar-refractivity contribution in [3.8, 4) is 0 Å². The van der Waals surface area contributed by atoms with Crippen molar-refractivity contribution in [1.29, 1.82) is 0 Å². The molecule has 3 rings (SSSR count). The van der Waals surface area contributed by atoms with Crippen molar-refractivity contribution in [2.24, 2.45) is 4.99 Å². The molecule has 6 heteroatoms. The monoisotopic (exact) mass is 331 g/mol. The van der Waals surface area contributed by atoms with Gasteiger partial charge in [-0.3, -0.25) is 4.98 Å². The molecule has 2 heterocycles. The molecule has 1 aromatic heterocycles. The molecule has 0 saturated heterocycles. The quantitative estimate of drug-likeness (QED) is 0.886. The lowest BCUT2D eigenvalue weighted by molar-refractivity contribution is -0.137. The number of carbonyl (C=O) groups is 1. The molecule has 1 aromatic carbocycles. The number of hydrogen-bond donors (Lipinski definition) is 2. The number of aromatic nitrogens is 1. The van der Waals surface area contributed by atoms with Crippen LogP contribution in [0.3, 0.4) is 0 Å². The van der Waals surface area contributed by atoms with Crippen LogP contribution in [-0.4, -0.2) is 27.9 Å². The normalized spacial score (nSPS) is 16.9. The maximum Gasteiger partial charge on any atom is 0.349 e. The zero-order chi connectivity index (χ0) is 14.1. The average Bonchev–Trinajstić information content (AvgIpc) is 2.47. The van der Waals surface area contributed by atoms with Crippen LogP contribution in [-0.2, 0) is 4.79 Å². The molecule has 100 valence electrons. The van der Waals surface area contributed by atoms with E-state index in [1.807, 2.05) is 36.4 Å². The van der Waals surface area contributed by atoms with Gasteiger partial charge in [-0.15, -0.1) is 0 Å². The summed E-state index contributed by atoms with van der Waals surface area (Å²) in [7, 11) is 0. The Balaban J connectivity index is 2.18. The van der Waals surface area contributed by atoms with E-state index < -0.39 is 12.1 Å².